The van der Waals surface area contributed by atoms with Gasteiger partial charge in [-0.05, 0) is 12.8 Å². The van der Waals surface area contributed by atoms with Crippen LogP contribution in [0.1, 0.15) is 12.8 Å². The molecule has 1 heterocycles. The Balaban J connectivity index is 1.84. The molecule has 6 nitrogen and oxygen atoms in total. The predicted molar refractivity (Wildman–Crippen MR) is 66.6 cm³/mol. The first-order valence-electron chi connectivity index (χ1n) is 6.53. The van der Waals surface area contributed by atoms with Crippen LogP contribution >= 0.6 is 0 Å². The summed E-state index contributed by atoms with van der Waals surface area (Å²) in [5.41, 5.74) is 0. The zero-order valence-electron chi connectivity index (χ0n) is 10.7. The van der Waals surface area contributed by atoms with Crippen LogP contribution in [0.4, 0.5) is 0 Å². The summed E-state index contributed by atoms with van der Waals surface area (Å²) in [6.45, 7) is 1.95. The Morgan fingerprint density at radius 1 is 1.21 bits per heavy atom. The highest BCUT2D eigenvalue weighted by molar-refractivity contribution is 5.85. The van der Waals surface area contributed by atoms with Gasteiger partial charge in [0.05, 0.1) is 37.8 Å². The minimum atomic E-state index is -0.915. The summed E-state index contributed by atoms with van der Waals surface area (Å²) < 4.78 is 10.7. The molecule has 0 bridgehead atoms. The molecule has 2 rings (SSSR count). The fourth-order valence-corrected chi connectivity index (χ4v) is 2.38. The highest BCUT2D eigenvalue weighted by Gasteiger charge is 2.34. The molecule has 0 radical (unpaired) electrons. The number of carboxylic acid groups (broad SMARTS) is 1. The highest BCUT2D eigenvalue weighted by Crippen LogP contribution is 2.26. The lowest BCUT2D eigenvalue weighted by molar-refractivity contribution is -0.147. The second-order valence-corrected chi connectivity index (χ2v) is 4.81. The number of hydrogen-bond acceptors (Lipinski definition) is 4. The van der Waals surface area contributed by atoms with Crippen LogP contribution in [0.5, 0.6) is 0 Å². The first kappa shape index (κ1) is 14.0. The smallest absolute Gasteiger partial charge is 0.307 e. The van der Waals surface area contributed by atoms with Crippen LogP contribution in [0.15, 0.2) is 12.2 Å². The zero-order chi connectivity index (χ0) is 13.7. The van der Waals surface area contributed by atoms with Crippen LogP contribution in [0.3, 0.4) is 0 Å². The Hall–Kier alpha value is -1.40. The third kappa shape index (κ3) is 3.78. The van der Waals surface area contributed by atoms with Crippen LogP contribution in [0.2, 0.25) is 0 Å². The van der Waals surface area contributed by atoms with Gasteiger partial charge >= 0.3 is 5.97 Å². The summed E-state index contributed by atoms with van der Waals surface area (Å²) in [5.74, 6) is -2.26. The molecule has 0 saturated carbocycles. The molecule has 106 valence electrons. The molecule has 0 spiro atoms. The molecule has 0 aromatic heterocycles. The van der Waals surface area contributed by atoms with E-state index in [4.69, 9.17) is 14.6 Å². The van der Waals surface area contributed by atoms with E-state index in [1.165, 1.54) is 0 Å². The number of hydrogen-bond donors (Lipinski definition) is 2. The van der Waals surface area contributed by atoms with E-state index < -0.39 is 17.8 Å². The third-order valence-electron chi connectivity index (χ3n) is 3.48. The van der Waals surface area contributed by atoms with Crippen LogP contribution < -0.4 is 5.32 Å². The number of aliphatic carboxylic acids is 1. The Bertz CT molecular complexity index is 362. The number of rotatable bonds is 4. The second-order valence-electron chi connectivity index (χ2n) is 4.81. The van der Waals surface area contributed by atoms with E-state index in [-0.39, 0.29) is 12.0 Å². The van der Waals surface area contributed by atoms with E-state index >= 15 is 0 Å². The van der Waals surface area contributed by atoms with Gasteiger partial charge in [0.25, 0.3) is 0 Å². The van der Waals surface area contributed by atoms with Gasteiger partial charge in [-0.25, -0.2) is 0 Å². The van der Waals surface area contributed by atoms with Gasteiger partial charge in [0, 0.05) is 6.54 Å². The maximum atomic E-state index is 12.1. The molecular weight excluding hydrogens is 250 g/mol. The van der Waals surface area contributed by atoms with Gasteiger partial charge in [-0.2, -0.15) is 0 Å². The lowest BCUT2D eigenvalue weighted by atomic mass is 9.82. The molecule has 6 heteroatoms. The van der Waals surface area contributed by atoms with Crippen LogP contribution in [-0.4, -0.2) is 49.5 Å². The predicted octanol–water partition coefficient (Wildman–Crippen LogP) is 0.185. The van der Waals surface area contributed by atoms with Crippen molar-refractivity contribution in [2.45, 2.75) is 18.9 Å². The average Bonchev–Trinajstić information content (AvgIpc) is 2.46. The first-order chi connectivity index (χ1) is 9.18. The number of carbonyl (C=O) groups is 2. The number of carbonyl (C=O) groups excluding carboxylic acids is 1. The van der Waals surface area contributed by atoms with Crippen molar-refractivity contribution in [2.24, 2.45) is 11.8 Å². The summed E-state index contributed by atoms with van der Waals surface area (Å²) in [6.07, 6.45) is 4.44. The number of carboxylic acids is 1. The van der Waals surface area contributed by atoms with Crippen molar-refractivity contribution in [3.05, 3.63) is 12.2 Å². The first-order valence-corrected chi connectivity index (χ1v) is 6.53. The van der Waals surface area contributed by atoms with Gasteiger partial charge in [-0.15, -0.1) is 0 Å². The van der Waals surface area contributed by atoms with Gasteiger partial charge in [0.2, 0.25) is 5.91 Å². The third-order valence-corrected chi connectivity index (χ3v) is 3.48. The van der Waals surface area contributed by atoms with Crippen molar-refractivity contribution in [1.82, 2.24) is 5.32 Å². The summed E-state index contributed by atoms with van der Waals surface area (Å²) in [4.78, 5) is 23.2. The zero-order valence-corrected chi connectivity index (χ0v) is 10.7. The number of amides is 1. The highest BCUT2D eigenvalue weighted by atomic mass is 16.6. The van der Waals surface area contributed by atoms with Crippen LogP contribution in [0, 0.1) is 11.8 Å². The second kappa shape index (κ2) is 6.68. The van der Waals surface area contributed by atoms with E-state index in [0.29, 0.717) is 39.2 Å². The van der Waals surface area contributed by atoms with Crippen LogP contribution in [-0.2, 0) is 19.1 Å². The summed E-state index contributed by atoms with van der Waals surface area (Å²) in [5, 5.41) is 11.9. The molecule has 1 unspecified atom stereocenters. The van der Waals surface area contributed by atoms with E-state index in [0.717, 1.165) is 0 Å². The molecule has 0 aromatic rings. The standard InChI is InChI=1S/C13H19NO5/c15-12(14-7-9-8-18-5-6-19-9)10-3-1-2-4-11(10)13(16)17/h1-2,9-11H,3-8H2,(H,14,15)(H,16,17)/t9?,10-,11+/m1/s1. The Labute approximate surface area is 111 Å². The van der Waals surface area contributed by atoms with E-state index in [1.807, 2.05) is 12.2 Å². The van der Waals surface area contributed by atoms with Gasteiger partial charge < -0.3 is 19.9 Å². The summed E-state index contributed by atoms with van der Waals surface area (Å²) in [6, 6.07) is 0. The van der Waals surface area contributed by atoms with Crippen LogP contribution in [0.25, 0.3) is 0 Å². The molecule has 1 aliphatic heterocycles. The van der Waals surface area contributed by atoms with Crippen molar-refractivity contribution in [3.8, 4) is 0 Å². The topological polar surface area (TPSA) is 84.9 Å². The minimum absolute atomic E-state index is 0.139. The lowest BCUT2D eigenvalue weighted by Crippen LogP contribution is -2.44. The minimum Gasteiger partial charge on any atom is -0.481 e. The quantitative estimate of drug-likeness (QED) is 0.711. The number of ether oxygens (including phenoxy) is 2. The van der Waals surface area contributed by atoms with Crippen molar-refractivity contribution in [3.63, 3.8) is 0 Å². The average molecular weight is 269 g/mol. The van der Waals surface area contributed by atoms with Crippen molar-refractivity contribution < 1.29 is 24.2 Å². The van der Waals surface area contributed by atoms with Crippen molar-refractivity contribution >= 4 is 11.9 Å². The van der Waals surface area contributed by atoms with E-state index in [2.05, 4.69) is 5.32 Å². The van der Waals surface area contributed by atoms with E-state index in [9.17, 15) is 9.59 Å². The maximum absolute atomic E-state index is 12.1. The molecule has 1 saturated heterocycles. The Morgan fingerprint density at radius 2 is 1.95 bits per heavy atom. The Morgan fingerprint density at radius 3 is 2.58 bits per heavy atom. The molecule has 19 heavy (non-hydrogen) atoms. The fourth-order valence-electron chi connectivity index (χ4n) is 2.38. The molecule has 2 aliphatic rings. The van der Waals surface area contributed by atoms with Crippen molar-refractivity contribution in [1.29, 1.82) is 0 Å². The molecule has 3 atom stereocenters. The normalized spacial score (nSPS) is 30.8. The summed E-state index contributed by atoms with van der Waals surface area (Å²) in [7, 11) is 0. The molecule has 1 fully saturated rings. The number of nitrogens with one attached hydrogen (secondary N) is 1. The SMILES string of the molecule is O=C(O)[C@H]1CC=CC[C@H]1C(=O)NCC1COCCO1. The van der Waals surface area contributed by atoms with Gasteiger partial charge in [-0.3, -0.25) is 9.59 Å². The van der Waals surface area contributed by atoms with Gasteiger partial charge in [0.1, 0.15) is 0 Å². The largest absolute Gasteiger partial charge is 0.481 e. The molecule has 2 N–H and O–H groups in total. The van der Waals surface area contributed by atoms with E-state index in [1.54, 1.807) is 0 Å². The van der Waals surface area contributed by atoms with Gasteiger partial charge in [-0.1, -0.05) is 12.2 Å². The Kier molecular flexibility index (Phi) is 4.93. The van der Waals surface area contributed by atoms with Crippen molar-refractivity contribution in [2.75, 3.05) is 26.4 Å². The molecule has 1 aliphatic carbocycles. The molecule has 1 amide bonds. The lowest BCUT2D eigenvalue weighted by Gasteiger charge is -2.27. The molecular formula is C13H19NO5. The monoisotopic (exact) mass is 269 g/mol. The maximum Gasteiger partial charge on any atom is 0.307 e. The fraction of sp³-hybridized carbons (Fsp3) is 0.692. The summed E-state index contributed by atoms with van der Waals surface area (Å²) >= 11 is 0. The molecule has 0 aromatic carbocycles. The van der Waals surface area contributed by atoms with Gasteiger partial charge in [0.15, 0.2) is 0 Å². The number of allylic oxidation sites excluding steroid dienone is 2.